The van der Waals surface area contributed by atoms with Crippen LogP contribution in [0.25, 0.3) is 12.2 Å². The number of carbonyl (C=O) groups is 1. The highest BCUT2D eigenvalue weighted by Gasteiger charge is 2.04. The molecule has 0 aliphatic rings. The molecule has 0 radical (unpaired) electrons. The van der Waals surface area contributed by atoms with Crippen molar-refractivity contribution in [1.82, 2.24) is 0 Å². The van der Waals surface area contributed by atoms with Gasteiger partial charge in [-0.1, -0.05) is 72.8 Å². The first-order chi connectivity index (χ1) is 12.8. The van der Waals surface area contributed by atoms with E-state index in [2.05, 4.69) is 0 Å². The first kappa shape index (κ1) is 17.5. The van der Waals surface area contributed by atoms with E-state index in [0.717, 1.165) is 22.4 Å². The molecule has 0 aromatic heterocycles. The number of ether oxygens (including phenoxy) is 2. The molecule has 130 valence electrons. The number of methoxy groups -OCH3 is 1. The Morgan fingerprint density at radius 2 is 1.54 bits per heavy atom. The first-order valence-corrected chi connectivity index (χ1v) is 8.38. The second-order valence-electron chi connectivity index (χ2n) is 5.76. The lowest BCUT2D eigenvalue weighted by Crippen LogP contribution is -2.00. The van der Waals surface area contributed by atoms with Gasteiger partial charge >= 0.3 is 5.97 Å². The van der Waals surface area contributed by atoms with Crippen LogP contribution in [-0.2, 0) is 11.3 Å². The summed E-state index contributed by atoms with van der Waals surface area (Å²) in [5.74, 6) is 0.499. The minimum Gasteiger partial charge on any atom is -0.488 e. The van der Waals surface area contributed by atoms with Gasteiger partial charge in [-0.05, 0) is 29.3 Å². The zero-order valence-corrected chi connectivity index (χ0v) is 14.6. The minimum atomic E-state index is -0.333. The SMILES string of the molecule is COC(=O)c1ccc(C=Cc2ccccc2OCc2ccccc2)cc1. The molecule has 3 aromatic rings. The Hall–Kier alpha value is -3.33. The average Bonchev–Trinajstić information content (AvgIpc) is 2.72. The molecule has 0 saturated carbocycles. The monoisotopic (exact) mass is 344 g/mol. The minimum absolute atomic E-state index is 0.333. The molecule has 0 spiro atoms. The van der Waals surface area contributed by atoms with Gasteiger partial charge < -0.3 is 9.47 Å². The third kappa shape index (κ3) is 4.61. The fourth-order valence-electron chi connectivity index (χ4n) is 2.52. The van der Waals surface area contributed by atoms with Gasteiger partial charge in [0.1, 0.15) is 12.4 Å². The summed E-state index contributed by atoms with van der Waals surface area (Å²) < 4.78 is 10.7. The second-order valence-corrected chi connectivity index (χ2v) is 5.76. The topological polar surface area (TPSA) is 35.5 Å². The summed E-state index contributed by atoms with van der Waals surface area (Å²) in [5.41, 5.74) is 3.66. The van der Waals surface area contributed by atoms with Crippen LogP contribution >= 0.6 is 0 Å². The third-order valence-electron chi connectivity index (χ3n) is 3.94. The normalized spacial score (nSPS) is 10.7. The van der Waals surface area contributed by atoms with Crippen LogP contribution in [0, 0.1) is 0 Å². The van der Waals surface area contributed by atoms with Crippen molar-refractivity contribution in [2.75, 3.05) is 7.11 Å². The molecule has 0 bridgehead atoms. The number of hydrogen-bond acceptors (Lipinski definition) is 3. The van der Waals surface area contributed by atoms with Crippen molar-refractivity contribution in [3.63, 3.8) is 0 Å². The molecule has 26 heavy (non-hydrogen) atoms. The summed E-state index contributed by atoms with van der Waals surface area (Å²) in [4.78, 5) is 11.5. The lowest BCUT2D eigenvalue weighted by atomic mass is 10.1. The molecule has 0 N–H and O–H groups in total. The summed E-state index contributed by atoms with van der Waals surface area (Å²) >= 11 is 0. The number of hydrogen-bond donors (Lipinski definition) is 0. The number of benzene rings is 3. The average molecular weight is 344 g/mol. The number of rotatable bonds is 6. The maximum atomic E-state index is 11.5. The van der Waals surface area contributed by atoms with E-state index in [0.29, 0.717) is 12.2 Å². The van der Waals surface area contributed by atoms with Crippen molar-refractivity contribution >= 4 is 18.1 Å². The van der Waals surface area contributed by atoms with Crippen LogP contribution in [0.15, 0.2) is 78.9 Å². The van der Waals surface area contributed by atoms with Gasteiger partial charge in [0, 0.05) is 5.56 Å². The van der Waals surface area contributed by atoms with E-state index in [1.165, 1.54) is 7.11 Å². The van der Waals surface area contributed by atoms with E-state index < -0.39 is 0 Å². The molecule has 0 aliphatic carbocycles. The van der Waals surface area contributed by atoms with Gasteiger partial charge in [0.2, 0.25) is 0 Å². The van der Waals surface area contributed by atoms with Crippen molar-refractivity contribution in [2.24, 2.45) is 0 Å². The predicted octanol–water partition coefficient (Wildman–Crippen LogP) is 5.22. The fraction of sp³-hybridized carbons (Fsp3) is 0.0870. The molecule has 3 aromatic carbocycles. The molecule has 0 saturated heterocycles. The summed E-state index contributed by atoms with van der Waals surface area (Å²) in [5, 5.41) is 0. The van der Waals surface area contributed by atoms with Crippen molar-refractivity contribution in [1.29, 1.82) is 0 Å². The van der Waals surface area contributed by atoms with Gasteiger partial charge in [-0.25, -0.2) is 4.79 Å². The quantitative estimate of drug-likeness (QED) is 0.454. The molecule has 0 heterocycles. The molecule has 0 aliphatic heterocycles. The molecule has 3 rings (SSSR count). The van der Waals surface area contributed by atoms with Crippen LogP contribution in [0.5, 0.6) is 5.75 Å². The van der Waals surface area contributed by atoms with Gasteiger partial charge in [-0.3, -0.25) is 0 Å². The zero-order chi connectivity index (χ0) is 18.2. The van der Waals surface area contributed by atoms with Crippen LogP contribution in [-0.4, -0.2) is 13.1 Å². The lowest BCUT2D eigenvalue weighted by molar-refractivity contribution is 0.0600. The Morgan fingerprint density at radius 3 is 2.27 bits per heavy atom. The van der Waals surface area contributed by atoms with Crippen LogP contribution in [0.3, 0.4) is 0 Å². The summed E-state index contributed by atoms with van der Waals surface area (Å²) in [6.45, 7) is 0.527. The molecule has 0 fully saturated rings. The van der Waals surface area contributed by atoms with E-state index in [1.807, 2.05) is 78.9 Å². The van der Waals surface area contributed by atoms with Gasteiger partial charge in [-0.15, -0.1) is 0 Å². The van der Waals surface area contributed by atoms with Gasteiger partial charge in [0.15, 0.2) is 0 Å². The van der Waals surface area contributed by atoms with E-state index in [-0.39, 0.29) is 5.97 Å². The summed E-state index contributed by atoms with van der Waals surface area (Å²) in [7, 11) is 1.38. The number of esters is 1. The highest BCUT2D eigenvalue weighted by Crippen LogP contribution is 2.22. The number of carbonyl (C=O) groups excluding carboxylic acids is 1. The Labute approximate surface area is 153 Å². The molecule has 0 amide bonds. The third-order valence-corrected chi connectivity index (χ3v) is 3.94. The van der Waals surface area contributed by atoms with Crippen molar-refractivity contribution in [3.8, 4) is 5.75 Å². The predicted molar refractivity (Wildman–Crippen MR) is 104 cm³/mol. The van der Waals surface area contributed by atoms with Crippen LogP contribution in [0.2, 0.25) is 0 Å². The second kappa shape index (κ2) is 8.67. The largest absolute Gasteiger partial charge is 0.488 e. The van der Waals surface area contributed by atoms with Crippen LogP contribution in [0.4, 0.5) is 0 Å². The maximum absolute atomic E-state index is 11.5. The Bertz CT molecular complexity index is 881. The Balaban J connectivity index is 1.71. The lowest BCUT2D eigenvalue weighted by Gasteiger charge is -2.09. The van der Waals surface area contributed by atoms with Crippen molar-refractivity contribution in [3.05, 3.63) is 101 Å². The van der Waals surface area contributed by atoms with Crippen molar-refractivity contribution < 1.29 is 14.3 Å². The van der Waals surface area contributed by atoms with E-state index in [4.69, 9.17) is 9.47 Å². The van der Waals surface area contributed by atoms with Gasteiger partial charge in [-0.2, -0.15) is 0 Å². The molecule has 3 nitrogen and oxygen atoms in total. The van der Waals surface area contributed by atoms with Gasteiger partial charge in [0.25, 0.3) is 0 Å². The molecule has 0 atom stereocenters. The fourth-order valence-corrected chi connectivity index (χ4v) is 2.52. The highest BCUT2D eigenvalue weighted by atomic mass is 16.5. The highest BCUT2D eigenvalue weighted by molar-refractivity contribution is 5.89. The van der Waals surface area contributed by atoms with Gasteiger partial charge in [0.05, 0.1) is 12.7 Å². The molecular weight excluding hydrogens is 324 g/mol. The Morgan fingerprint density at radius 1 is 0.846 bits per heavy atom. The van der Waals surface area contributed by atoms with E-state index in [9.17, 15) is 4.79 Å². The zero-order valence-electron chi connectivity index (χ0n) is 14.6. The van der Waals surface area contributed by atoms with E-state index in [1.54, 1.807) is 12.1 Å². The molecule has 0 unspecified atom stereocenters. The standard InChI is InChI=1S/C23H20O3/c1-25-23(24)21-15-12-18(13-16-21)11-14-20-9-5-6-10-22(20)26-17-19-7-3-2-4-8-19/h2-16H,17H2,1H3. The van der Waals surface area contributed by atoms with Crippen LogP contribution in [0.1, 0.15) is 27.0 Å². The van der Waals surface area contributed by atoms with E-state index >= 15 is 0 Å². The van der Waals surface area contributed by atoms with Crippen molar-refractivity contribution in [2.45, 2.75) is 6.61 Å². The maximum Gasteiger partial charge on any atom is 0.337 e. The summed E-state index contributed by atoms with van der Waals surface area (Å²) in [6.07, 6.45) is 4.00. The molecule has 3 heteroatoms. The smallest absolute Gasteiger partial charge is 0.337 e. The summed E-state index contributed by atoms with van der Waals surface area (Å²) in [6, 6.07) is 25.3. The first-order valence-electron chi connectivity index (χ1n) is 8.38. The number of para-hydroxylation sites is 1. The Kier molecular flexibility index (Phi) is 5.84. The molecular formula is C23H20O3. The van der Waals surface area contributed by atoms with Crippen LogP contribution < -0.4 is 4.74 Å².